The van der Waals surface area contributed by atoms with Crippen molar-refractivity contribution in [2.45, 2.75) is 6.92 Å². The molecule has 2 aromatic rings. The zero-order chi connectivity index (χ0) is 13.8. The number of hydrogen-bond acceptors (Lipinski definition) is 3. The van der Waals surface area contributed by atoms with Crippen molar-refractivity contribution in [1.29, 1.82) is 5.26 Å². The van der Waals surface area contributed by atoms with Gasteiger partial charge in [0, 0.05) is 14.1 Å². The lowest BCUT2D eigenvalue weighted by Gasteiger charge is -2.19. The van der Waals surface area contributed by atoms with E-state index in [1.807, 2.05) is 68.4 Å². The summed E-state index contributed by atoms with van der Waals surface area (Å²) in [5, 5.41) is 12.6. The van der Waals surface area contributed by atoms with E-state index in [0.29, 0.717) is 5.56 Å². The molecule has 3 nitrogen and oxygen atoms in total. The lowest BCUT2D eigenvalue weighted by Crippen LogP contribution is -2.11. The summed E-state index contributed by atoms with van der Waals surface area (Å²) < 4.78 is 0. The van der Waals surface area contributed by atoms with Gasteiger partial charge in [-0.25, -0.2) is 0 Å². The number of hydrogen-bond donors (Lipinski definition) is 1. The predicted molar refractivity (Wildman–Crippen MR) is 79.9 cm³/mol. The molecule has 0 amide bonds. The topological polar surface area (TPSA) is 39.1 Å². The summed E-state index contributed by atoms with van der Waals surface area (Å²) in [6, 6.07) is 16.0. The lowest BCUT2D eigenvalue weighted by molar-refractivity contribution is 1.13. The molecule has 2 rings (SSSR count). The number of benzene rings is 2. The van der Waals surface area contributed by atoms with Crippen LogP contribution in [0.2, 0.25) is 0 Å². The Balaban J connectivity index is 2.46. The minimum atomic E-state index is 0.661. The maximum Gasteiger partial charge on any atom is 0.101 e. The first kappa shape index (κ1) is 13.0. The van der Waals surface area contributed by atoms with Gasteiger partial charge in [-0.15, -0.1) is 0 Å². The van der Waals surface area contributed by atoms with Crippen LogP contribution in [0.25, 0.3) is 0 Å². The Morgan fingerprint density at radius 2 is 1.79 bits per heavy atom. The van der Waals surface area contributed by atoms with Gasteiger partial charge in [-0.05, 0) is 30.7 Å². The van der Waals surface area contributed by atoms with Crippen LogP contribution in [-0.4, -0.2) is 14.1 Å². The molecule has 0 aromatic heterocycles. The molecule has 0 fully saturated rings. The molecule has 3 heteroatoms. The summed E-state index contributed by atoms with van der Waals surface area (Å²) in [5.74, 6) is 0. The summed E-state index contributed by atoms with van der Waals surface area (Å²) >= 11 is 0. The number of anilines is 3. The zero-order valence-electron chi connectivity index (χ0n) is 11.4. The maximum absolute atomic E-state index is 9.20. The van der Waals surface area contributed by atoms with Crippen LogP contribution in [-0.2, 0) is 0 Å². The third-order valence-corrected chi connectivity index (χ3v) is 3.04. The lowest BCUT2D eigenvalue weighted by atomic mass is 10.1. The highest BCUT2D eigenvalue weighted by atomic mass is 15.1. The average molecular weight is 251 g/mol. The second kappa shape index (κ2) is 5.45. The molecular weight excluding hydrogens is 234 g/mol. The summed E-state index contributed by atoms with van der Waals surface area (Å²) in [5.41, 5.74) is 4.69. The van der Waals surface area contributed by atoms with E-state index in [-0.39, 0.29) is 0 Å². The third-order valence-electron chi connectivity index (χ3n) is 3.04. The molecule has 0 saturated carbocycles. The molecule has 0 aliphatic carbocycles. The van der Waals surface area contributed by atoms with Gasteiger partial charge in [0.15, 0.2) is 0 Å². The standard InChI is InChI=1S/C16H17N3/c1-12-7-6-8-13(11-17)16(12)18-14-9-4-5-10-15(14)19(2)3/h4-10,18H,1-3H3. The van der Waals surface area contributed by atoms with Gasteiger partial charge in [0.05, 0.1) is 22.6 Å². The van der Waals surface area contributed by atoms with Gasteiger partial charge in [0.2, 0.25) is 0 Å². The monoisotopic (exact) mass is 251 g/mol. The van der Waals surface area contributed by atoms with Gasteiger partial charge in [0.1, 0.15) is 6.07 Å². The van der Waals surface area contributed by atoms with Crippen molar-refractivity contribution in [2.75, 3.05) is 24.3 Å². The number of nitrogens with one attached hydrogen (secondary N) is 1. The highest BCUT2D eigenvalue weighted by Gasteiger charge is 2.08. The molecule has 1 N–H and O–H groups in total. The molecule has 96 valence electrons. The van der Waals surface area contributed by atoms with Crippen LogP contribution >= 0.6 is 0 Å². The molecule has 0 atom stereocenters. The predicted octanol–water partition coefficient (Wildman–Crippen LogP) is 3.68. The summed E-state index contributed by atoms with van der Waals surface area (Å²) in [6.07, 6.45) is 0. The molecule has 2 aromatic carbocycles. The average Bonchev–Trinajstić information content (AvgIpc) is 2.41. The molecule has 0 unspecified atom stereocenters. The van der Waals surface area contributed by atoms with Crippen LogP contribution in [0.15, 0.2) is 42.5 Å². The second-order valence-corrected chi connectivity index (χ2v) is 4.65. The Kier molecular flexibility index (Phi) is 3.72. The Morgan fingerprint density at radius 1 is 1.05 bits per heavy atom. The Morgan fingerprint density at radius 3 is 2.47 bits per heavy atom. The van der Waals surface area contributed by atoms with Crippen molar-refractivity contribution in [3.63, 3.8) is 0 Å². The van der Waals surface area contributed by atoms with E-state index in [4.69, 9.17) is 0 Å². The van der Waals surface area contributed by atoms with Crippen molar-refractivity contribution >= 4 is 17.1 Å². The first-order chi connectivity index (χ1) is 9.13. The van der Waals surface area contributed by atoms with Crippen molar-refractivity contribution in [1.82, 2.24) is 0 Å². The Bertz CT molecular complexity index is 624. The molecular formula is C16H17N3. The van der Waals surface area contributed by atoms with E-state index >= 15 is 0 Å². The second-order valence-electron chi connectivity index (χ2n) is 4.65. The highest BCUT2D eigenvalue weighted by Crippen LogP contribution is 2.30. The molecule has 0 aliphatic heterocycles. The van der Waals surface area contributed by atoms with Crippen LogP contribution in [0.4, 0.5) is 17.1 Å². The summed E-state index contributed by atoms with van der Waals surface area (Å²) in [6.45, 7) is 2.00. The molecule has 0 aliphatic rings. The fourth-order valence-corrected chi connectivity index (χ4v) is 2.03. The van der Waals surface area contributed by atoms with Crippen molar-refractivity contribution in [3.05, 3.63) is 53.6 Å². The summed E-state index contributed by atoms with van der Waals surface area (Å²) in [4.78, 5) is 2.05. The molecule has 0 radical (unpaired) electrons. The first-order valence-electron chi connectivity index (χ1n) is 6.16. The SMILES string of the molecule is Cc1cccc(C#N)c1Nc1ccccc1N(C)C. The Labute approximate surface area is 114 Å². The number of nitrogens with zero attached hydrogens (tertiary/aromatic N) is 2. The summed E-state index contributed by atoms with van der Waals surface area (Å²) in [7, 11) is 4.01. The molecule has 0 saturated heterocycles. The van der Waals surface area contributed by atoms with E-state index in [2.05, 4.69) is 11.4 Å². The van der Waals surface area contributed by atoms with Gasteiger partial charge in [-0.3, -0.25) is 0 Å². The van der Waals surface area contributed by atoms with Crippen LogP contribution in [0.1, 0.15) is 11.1 Å². The third kappa shape index (κ3) is 2.69. The minimum absolute atomic E-state index is 0.661. The van der Waals surface area contributed by atoms with Crippen molar-refractivity contribution in [2.24, 2.45) is 0 Å². The zero-order valence-corrected chi connectivity index (χ0v) is 11.4. The smallest absolute Gasteiger partial charge is 0.101 e. The largest absolute Gasteiger partial charge is 0.376 e. The van der Waals surface area contributed by atoms with Crippen LogP contribution in [0, 0.1) is 18.3 Å². The van der Waals surface area contributed by atoms with E-state index in [1.165, 1.54) is 0 Å². The quantitative estimate of drug-likeness (QED) is 0.904. The van der Waals surface area contributed by atoms with Crippen molar-refractivity contribution < 1.29 is 0 Å². The van der Waals surface area contributed by atoms with Gasteiger partial charge < -0.3 is 10.2 Å². The van der Waals surface area contributed by atoms with E-state index < -0.39 is 0 Å². The molecule has 0 spiro atoms. The molecule has 0 heterocycles. The van der Waals surface area contributed by atoms with Gasteiger partial charge in [0.25, 0.3) is 0 Å². The first-order valence-corrected chi connectivity index (χ1v) is 6.16. The minimum Gasteiger partial charge on any atom is -0.376 e. The van der Waals surface area contributed by atoms with Crippen molar-refractivity contribution in [3.8, 4) is 6.07 Å². The fourth-order valence-electron chi connectivity index (χ4n) is 2.03. The maximum atomic E-state index is 9.20. The van der Waals surface area contributed by atoms with E-state index in [9.17, 15) is 5.26 Å². The van der Waals surface area contributed by atoms with Gasteiger partial charge in [-0.2, -0.15) is 5.26 Å². The van der Waals surface area contributed by atoms with E-state index in [0.717, 1.165) is 22.6 Å². The van der Waals surface area contributed by atoms with Crippen LogP contribution in [0.5, 0.6) is 0 Å². The number of rotatable bonds is 3. The number of aryl methyl sites for hydroxylation is 1. The highest BCUT2D eigenvalue weighted by molar-refractivity contribution is 5.78. The normalized spacial score (nSPS) is 9.79. The van der Waals surface area contributed by atoms with E-state index in [1.54, 1.807) is 0 Å². The van der Waals surface area contributed by atoms with Crippen LogP contribution < -0.4 is 10.2 Å². The molecule has 0 bridgehead atoms. The van der Waals surface area contributed by atoms with Crippen LogP contribution in [0.3, 0.4) is 0 Å². The molecule has 19 heavy (non-hydrogen) atoms. The fraction of sp³-hybridized carbons (Fsp3) is 0.188. The van der Waals surface area contributed by atoms with Gasteiger partial charge >= 0.3 is 0 Å². The Hall–Kier alpha value is -2.47. The van der Waals surface area contributed by atoms with Gasteiger partial charge in [-0.1, -0.05) is 24.3 Å². The number of nitriles is 1. The number of para-hydroxylation sites is 3.